The van der Waals surface area contributed by atoms with Gasteiger partial charge in [-0.1, -0.05) is 45.8 Å². The van der Waals surface area contributed by atoms with Crippen LogP contribution in [-0.4, -0.2) is 17.8 Å². The van der Waals surface area contributed by atoms with Gasteiger partial charge in [-0.25, -0.2) is 14.6 Å². The number of ether oxygens (including phenoxy) is 2. The van der Waals surface area contributed by atoms with E-state index in [-0.39, 0.29) is 11.6 Å². The number of aliphatic imine (C=N–C) groups is 1. The van der Waals surface area contributed by atoms with E-state index in [4.69, 9.17) is 9.47 Å². The van der Waals surface area contributed by atoms with E-state index in [2.05, 4.69) is 20.9 Å². The number of hydrogen-bond acceptors (Lipinski definition) is 5. The minimum absolute atomic E-state index is 0.214. The smallest absolute Gasteiger partial charge is 0.363 e. The van der Waals surface area contributed by atoms with Crippen LogP contribution in [0.25, 0.3) is 6.08 Å². The van der Waals surface area contributed by atoms with Gasteiger partial charge in [0.25, 0.3) is 0 Å². The molecule has 0 aliphatic carbocycles. The van der Waals surface area contributed by atoms with Crippen molar-refractivity contribution in [1.29, 1.82) is 0 Å². The van der Waals surface area contributed by atoms with E-state index in [0.29, 0.717) is 11.3 Å². The molecular weight excluding hydrogens is 446 g/mol. The number of hydrogen-bond donors (Lipinski definition) is 0. The number of cyclic esters (lactones) is 1. The maximum Gasteiger partial charge on any atom is 0.363 e. The second kappa shape index (κ2) is 8.47. The summed E-state index contributed by atoms with van der Waals surface area (Å²) in [6.45, 7) is 1.96. The van der Waals surface area contributed by atoms with Gasteiger partial charge >= 0.3 is 11.9 Å². The molecule has 0 spiro atoms. The average Bonchev–Trinajstić information content (AvgIpc) is 3.10. The van der Waals surface area contributed by atoms with E-state index in [0.717, 1.165) is 21.2 Å². The summed E-state index contributed by atoms with van der Waals surface area (Å²) < 4.78 is 11.6. The Hall–Kier alpha value is -3.51. The van der Waals surface area contributed by atoms with Gasteiger partial charge in [-0.05, 0) is 67.1 Å². The molecule has 0 amide bonds. The fourth-order valence-corrected chi connectivity index (χ4v) is 3.12. The summed E-state index contributed by atoms with van der Waals surface area (Å²) in [4.78, 5) is 28.7. The Bertz CT molecular complexity index is 1180. The molecule has 1 heterocycles. The molecule has 0 N–H and O–H groups in total. The van der Waals surface area contributed by atoms with Gasteiger partial charge in [-0.15, -0.1) is 0 Å². The number of esters is 2. The number of halogens is 1. The quantitative estimate of drug-likeness (QED) is 0.299. The van der Waals surface area contributed by atoms with Crippen LogP contribution in [0.2, 0.25) is 0 Å². The van der Waals surface area contributed by atoms with Crippen LogP contribution in [0.5, 0.6) is 5.75 Å². The topological polar surface area (TPSA) is 65.0 Å². The van der Waals surface area contributed by atoms with E-state index in [9.17, 15) is 9.59 Å². The Morgan fingerprint density at radius 1 is 1.03 bits per heavy atom. The summed E-state index contributed by atoms with van der Waals surface area (Å²) in [7, 11) is 0. The van der Waals surface area contributed by atoms with E-state index >= 15 is 0 Å². The molecule has 0 saturated heterocycles. The molecular formula is C24H16BrNO4. The summed E-state index contributed by atoms with van der Waals surface area (Å²) in [5.41, 5.74) is 3.21. The first-order valence-electron chi connectivity index (χ1n) is 9.15. The lowest BCUT2D eigenvalue weighted by Crippen LogP contribution is -2.08. The van der Waals surface area contributed by atoms with Crippen molar-refractivity contribution in [2.24, 2.45) is 4.99 Å². The van der Waals surface area contributed by atoms with Crippen molar-refractivity contribution in [3.8, 4) is 5.75 Å². The van der Waals surface area contributed by atoms with Gasteiger partial charge in [-0.2, -0.15) is 0 Å². The fraction of sp³-hybridized carbons (Fsp3) is 0.0417. The normalized spacial score (nSPS) is 14.4. The van der Waals surface area contributed by atoms with Crippen molar-refractivity contribution < 1.29 is 19.1 Å². The number of rotatable bonds is 4. The Labute approximate surface area is 181 Å². The van der Waals surface area contributed by atoms with Gasteiger partial charge in [-0.3, -0.25) is 0 Å². The van der Waals surface area contributed by atoms with Gasteiger partial charge in [0.05, 0.1) is 5.56 Å². The molecule has 148 valence electrons. The Morgan fingerprint density at radius 3 is 2.47 bits per heavy atom. The van der Waals surface area contributed by atoms with E-state index < -0.39 is 11.9 Å². The van der Waals surface area contributed by atoms with Gasteiger partial charge < -0.3 is 9.47 Å². The van der Waals surface area contributed by atoms with Gasteiger partial charge in [0.2, 0.25) is 5.90 Å². The molecule has 0 aromatic heterocycles. The minimum Gasteiger partial charge on any atom is -0.423 e. The fourth-order valence-electron chi connectivity index (χ4n) is 2.85. The monoisotopic (exact) mass is 461 g/mol. The summed E-state index contributed by atoms with van der Waals surface area (Å²) in [5, 5.41) is 0. The van der Waals surface area contributed by atoms with E-state index in [1.807, 2.05) is 31.2 Å². The summed E-state index contributed by atoms with van der Waals surface area (Å²) in [5.74, 6) is -0.254. The minimum atomic E-state index is -0.503. The largest absolute Gasteiger partial charge is 0.423 e. The predicted octanol–water partition coefficient (Wildman–Crippen LogP) is 5.32. The van der Waals surface area contributed by atoms with Crippen molar-refractivity contribution in [1.82, 2.24) is 0 Å². The molecule has 3 aromatic carbocycles. The van der Waals surface area contributed by atoms with Crippen LogP contribution in [0.15, 0.2) is 88.0 Å². The zero-order valence-electron chi connectivity index (χ0n) is 16.0. The molecule has 0 fully saturated rings. The first kappa shape index (κ1) is 19.8. The molecule has 0 bridgehead atoms. The Kier molecular flexibility index (Phi) is 5.59. The second-order valence-electron chi connectivity index (χ2n) is 6.67. The lowest BCUT2D eigenvalue weighted by molar-refractivity contribution is -0.129. The molecule has 0 unspecified atom stereocenters. The third-order valence-corrected chi connectivity index (χ3v) is 4.89. The van der Waals surface area contributed by atoms with E-state index in [1.54, 1.807) is 54.6 Å². The zero-order chi connectivity index (χ0) is 21.1. The lowest BCUT2D eigenvalue weighted by atomic mass is 10.1. The van der Waals surface area contributed by atoms with Crippen molar-refractivity contribution in [3.05, 3.63) is 105 Å². The molecule has 4 rings (SSSR count). The first-order chi connectivity index (χ1) is 14.5. The molecule has 0 atom stereocenters. The molecule has 0 radical (unpaired) electrons. The SMILES string of the molecule is Cc1cccc(C2=N/C(=C\c3ccc(OC(=O)c4ccc(Br)cc4)cc3)C(=O)O2)c1. The molecule has 6 heteroatoms. The van der Waals surface area contributed by atoms with Gasteiger partial charge in [0.15, 0.2) is 5.70 Å². The van der Waals surface area contributed by atoms with Crippen LogP contribution >= 0.6 is 15.9 Å². The first-order valence-corrected chi connectivity index (χ1v) is 9.95. The standard InChI is InChI=1S/C24H16BrNO4/c1-15-3-2-4-18(13-15)22-26-21(24(28)30-22)14-16-5-11-20(12-6-16)29-23(27)17-7-9-19(25)10-8-17/h2-14H,1H3/b21-14-. The zero-order valence-corrected chi connectivity index (χ0v) is 17.5. The van der Waals surface area contributed by atoms with E-state index in [1.165, 1.54) is 0 Å². The maximum atomic E-state index is 12.2. The van der Waals surface area contributed by atoms with Crippen molar-refractivity contribution in [2.45, 2.75) is 6.92 Å². The number of aryl methyl sites for hydroxylation is 1. The number of carbonyl (C=O) groups is 2. The van der Waals surface area contributed by atoms with Crippen LogP contribution in [0.4, 0.5) is 0 Å². The van der Waals surface area contributed by atoms with Crippen LogP contribution < -0.4 is 4.74 Å². The van der Waals surface area contributed by atoms with Crippen LogP contribution in [-0.2, 0) is 9.53 Å². The number of benzene rings is 3. The molecule has 1 aliphatic heterocycles. The highest BCUT2D eigenvalue weighted by Crippen LogP contribution is 2.21. The van der Waals surface area contributed by atoms with Crippen molar-refractivity contribution >= 4 is 39.8 Å². The Morgan fingerprint density at radius 2 is 1.77 bits per heavy atom. The third-order valence-electron chi connectivity index (χ3n) is 4.36. The number of carbonyl (C=O) groups excluding carboxylic acids is 2. The Balaban J connectivity index is 1.48. The van der Waals surface area contributed by atoms with Crippen molar-refractivity contribution in [3.63, 3.8) is 0 Å². The second-order valence-corrected chi connectivity index (χ2v) is 7.59. The molecule has 0 saturated carbocycles. The number of nitrogens with zero attached hydrogens (tertiary/aromatic N) is 1. The molecule has 5 nitrogen and oxygen atoms in total. The highest BCUT2D eigenvalue weighted by Gasteiger charge is 2.24. The average molecular weight is 462 g/mol. The summed E-state index contributed by atoms with van der Waals surface area (Å²) in [6, 6.07) is 21.3. The highest BCUT2D eigenvalue weighted by molar-refractivity contribution is 9.10. The highest BCUT2D eigenvalue weighted by atomic mass is 79.9. The van der Waals surface area contributed by atoms with Crippen LogP contribution in [0, 0.1) is 6.92 Å². The third kappa shape index (κ3) is 4.55. The lowest BCUT2D eigenvalue weighted by Gasteiger charge is -2.05. The molecule has 1 aliphatic rings. The van der Waals surface area contributed by atoms with Crippen LogP contribution in [0.1, 0.15) is 27.0 Å². The van der Waals surface area contributed by atoms with Gasteiger partial charge in [0.1, 0.15) is 5.75 Å². The van der Waals surface area contributed by atoms with Crippen molar-refractivity contribution in [2.75, 3.05) is 0 Å². The van der Waals surface area contributed by atoms with Gasteiger partial charge in [0, 0.05) is 10.0 Å². The summed E-state index contributed by atoms with van der Waals surface area (Å²) in [6.07, 6.45) is 1.63. The summed E-state index contributed by atoms with van der Waals surface area (Å²) >= 11 is 3.33. The van der Waals surface area contributed by atoms with Crippen LogP contribution in [0.3, 0.4) is 0 Å². The molecule has 3 aromatic rings. The molecule has 30 heavy (non-hydrogen) atoms. The predicted molar refractivity (Wildman–Crippen MR) is 117 cm³/mol. The maximum absolute atomic E-state index is 12.2.